The lowest BCUT2D eigenvalue weighted by molar-refractivity contribution is 0.881. The van der Waals surface area contributed by atoms with Gasteiger partial charge in [0.15, 0.2) is 0 Å². The number of aromatic nitrogens is 6. The summed E-state index contributed by atoms with van der Waals surface area (Å²) < 4.78 is 0. The van der Waals surface area contributed by atoms with E-state index in [4.69, 9.17) is 0 Å². The van der Waals surface area contributed by atoms with Gasteiger partial charge >= 0.3 is 0 Å². The summed E-state index contributed by atoms with van der Waals surface area (Å²) in [5.74, 6) is 0.802. The van der Waals surface area contributed by atoms with Crippen molar-refractivity contribution in [1.82, 2.24) is 30.8 Å². The Morgan fingerprint density at radius 3 is 3.17 bits per heavy atom. The molecular weight excluding hydrogens is 176 g/mol. The third-order valence-electron chi connectivity index (χ3n) is 1.25. The van der Waals surface area contributed by atoms with Crippen LogP contribution in [0.5, 0.6) is 0 Å². The number of thioether (sulfide) groups is 1. The molecule has 12 heavy (non-hydrogen) atoms. The predicted octanol–water partition coefficient (Wildman–Crippen LogP) is 0.215. The highest BCUT2D eigenvalue weighted by Crippen LogP contribution is 2.15. The number of nitrogens with zero attached hydrogens (tertiary/aromatic N) is 4. The Morgan fingerprint density at radius 2 is 2.50 bits per heavy atom. The van der Waals surface area contributed by atoms with Gasteiger partial charge in [0.05, 0.1) is 6.20 Å². The van der Waals surface area contributed by atoms with Crippen molar-refractivity contribution in [2.24, 2.45) is 0 Å². The number of nitrogens with one attached hydrogen (secondary N) is 2. The average Bonchev–Trinajstić information content (AvgIpc) is 2.74. The van der Waals surface area contributed by atoms with Gasteiger partial charge in [0.1, 0.15) is 0 Å². The van der Waals surface area contributed by atoms with Crippen LogP contribution >= 0.6 is 11.8 Å². The molecule has 0 aliphatic carbocycles. The largest absolute Gasteiger partial charge is 0.285 e. The fraction of sp³-hybridized carbons (Fsp3) is 0.200. The Morgan fingerprint density at radius 1 is 1.50 bits per heavy atom. The molecule has 0 spiro atoms. The van der Waals surface area contributed by atoms with Crippen LogP contribution < -0.4 is 0 Å². The average molecular weight is 182 g/mol. The SMILES string of the molecule is c1n[nH]cc1CSc1nn[nH]n1. The fourth-order valence-electron chi connectivity index (χ4n) is 0.718. The molecule has 0 saturated carbocycles. The molecule has 2 aromatic rings. The van der Waals surface area contributed by atoms with Crippen molar-refractivity contribution in [3.63, 3.8) is 0 Å². The summed E-state index contributed by atoms with van der Waals surface area (Å²) in [6.07, 6.45) is 3.61. The first kappa shape index (κ1) is 7.29. The van der Waals surface area contributed by atoms with E-state index in [0.717, 1.165) is 11.3 Å². The van der Waals surface area contributed by atoms with E-state index >= 15 is 0 Å². The molecule has 2 rings (SSSR count). The third kappa shape index (κ3) is 1.62. The van der Waals surface area contributed by atoms with E-state index in [1.807, 2.05) is 6.20 Å². The van der Waals surface area contributed by atoms with Crippen molar-refractivity contribution in [1.29, 1.82) is 0 Å². The minimum atomic E-state index is 0.649. The van der Waals surface area contributed by atoms with Gasteiger partial charge < -0.3 is 0 Å². The number of hydrogen-bond acceptors (Lipinski definition) is 5. The molecule has 0 fully saturated rings. The van der Waals surface area contributed by atoms with Gasteiger partial charge in [-0.15, -0.1) is 10.2 Å². The molecule has 7 heteroatoms. The summed E-state index contributed by atoms with van der Waals surface area (Å²) in [6, 6.07) is 0. The molecule has 62 valence electrons. The summed E-state index contributed by atoms with van der Waals surface area (Å²) in [4.78, 5) is 0. The van der Waals surface area contributed by atoms with Gasteiger partial charge in [0.2, 0.25) is 5.16 Å². The summed E-state index contributed by atoms with van der Waals surface area (Å²) in [5.41, 5.74) is 1.12. The van der Waals surface area contributed by atoms with Crippen molar-refractivity contribution in [2.45, 2.75) is 10.9 Å². The summed E-state index contributed by atoms with van der Waals surface area (Å²) in [6.45, 7) is 0. The van der Waals surface area contributed by atoms with Crippen molar-refractivity contribution in [3.8, 4) is 0 Å². The lowest BCUT2D eigenvalue weighted by Crippen LogP contribution is -1.78. The van der Waals surface area contributed by atoms with Crippen molar-refractivity contribution >= 4 is 11.8 Å². The van der Waals surface area contributed by atoms with Gasteiger partial charge in [-0.3, -0.25) is 5.10 Å². The normalized spacial score (nSPS) is 10.3. The van der Waals surface area contributed by atoms with Crippen molar-refractivity contribution in [2.75, 3.05) is 0 Å². The van der Waals surface area contributed by atoms with E-state index in [9.17, 15) is 0 Å². The number of tetrazole rings is 1. The second kappa shape index (κ2) is 3.35. The van der Waals surface area contributed by atoms with Crippen LogP contribution in [0.25, 0.3) is 0 Å². The van der Waals surface area contributed by atoms with Gasteiger partial charge in [0.25, 0.3) is 0 Å². The number of hydrogen-bond donors (Lipinski definition) is 2. The Balaban J connectivity index is 1.91. The Kier molecular flexibility index (Phi) is 2.04. The maximum Gasteiger partial charge on any atom is 0.231 e. The van der Waals surface area contributed by atoms with Gasteiger partial charge in [0, 0.05) is 17.5 Å². The van der Waals surface area contributed by atoms with Gasteiger partial charge in [-0.25, -0.2) is 0 Å². The summed E-state index contributed by atoms with van der Waals surface area (Å²) in [5, 5.41) is 20.6. The molecule has 0 aliphatic heterocycles. The van der Waals surface area contributed by atoms with Crippen LogP contribution in [0.2, 0.25) is 0 Å². The molecule has 0 amide bonds. The van der Waals surface area contributed by atoms with Crippen molar-refractivity contribution in [3.05, 3.63) is 18.0 Å². The molecule has 2 aromatic heterocycles. The zero-order valence-corrected chi connectivity index (χ0v) is 6.88. The zero-order valence-electron chi connectivity index (χ0n) is 6.06. The lowest BCUT2D eigenvalue weighted by Gasteiger charge is -1.89. The van der Waals surface area contributed by atoms with Crippen LogP contribution in [0.3, 0.4) is 0 Å². The second-order valence-corrected chi connectivity index (χ2v) is 3.03. The van der Waals surface area contributed by atoms with Gasteiger partial charge in [-0.2, -0.15) is 10.3 Å². The Bertz CT molecular complexity index is 279. The first-order valence-corrected chi connectivity index (χ1v) is 4.27. The maximum atomic E-state index is 3.82. The van der Waals surface area contributed by atoms with Crippen LogP contribution in [0.1, 0.15) is 5.56 Å². The highest BCUT2D eigenvalue weighted by molar-refractivity contribution is 7.98. The number of H-pyrrole nitrogens is 2. The Hall–Kier alpha value is -1.37. The highest BCUT2D eigenvalue weighted by atomic mass is 32.2. The standard InChI is InChI=1S/C5H6N6S/c1-4(2-7-6-1)3-12-5-8-10-11-9-5/h1-2H,3H2,(H,6,7)(H,8,9,10,11). The highest BCUT2D eigenvalue weighted by Gasteiger charge is 1.99. The monoisotopic (exact) mass is 182 g/mol. The lowest BCUT2D eigenvalue weighted by atomic mass is 10.4. The van der Waals surface area contributed by atoms with Crippen LogP contribution in [-0.4, -0.2) is 30.8 Å². The first-order valence-electron chi connectivity index (χ1n) is 3.29. The zero-order chi connectivity index (χ0) is 8.23. The molecule has 2 N–H and O–H groups in total. The van der Waals surface area contributed by atoms with E-state index in [0.29, 0.717) is 5.16 Å². The van der Waals surface area contributed by atoms with E-state index < -0.39 is 0 Å². The molecule has 0 atom stereocenters. The van der Waals surface area contributed by atoms with E-state index in [1.54, 1.807) is 6.20 Å². The summed E-state index contributed by atoms with van der Waals surface area (Å²) in [7, 11) is 0. The van der Waals surface area contributed by atoms with Crippen LogP contribution in [0.4, 0.5) is 0 Å². The molecule has 2 heterocycles. The second-order valence-electron chi connectivity index (χ2n) is 2.09. The van der Waals surface area contributed by atoms with Gasteiger partial charge in [-0.05, 0) is 5.21 Å². The predicted molar refractivity (Wildman–Crippen MR) is 42.3 cm³/mol. The first-order chi connectivity index (χ1) is 5.95. The van der Waals surface area contributed by atoms with Crippen molar-refractivity contribution < 1.29 is 0 Å². The van der Waals surface area contributed by atoms with E-state index in [-0.39, 0.29) is 0 Å². The third-order valence-corrected chi connectivity index (χ3v) is 2.16. The topological polar surface area (TPSA) is 83.1 Å². The minimum Gasteiger partial charge on any atom is -0.285 e. The summed E-state index contributed by atoms with van der Waals surface area (Å²) >= 11 is 1.51. The van der Waals surface area contributed by atoms with Gasteiger partial charge in [-0.1, -0.05) is 11.8 Å². The smallest absolute Gasteiger partial charge is 0.231 e. The fourth-order valence-corrected chi connectivity index (χ4v) is 1.38. The van der Waals surface area contributed by atoms with Crippen LogP contribution in [0, 0.1) is 0 Å². The molecule has 0 bridgehead atoms. The van der Waals surface area contributed by atoms with E-state index in [2.05, 4.69) is 30.8 Å². The van der Waals surface area contributed by atoms with E-state index in [1.165, 1.54) is 11.8 Å². The maximum absolute atomic E-state index is 3.82. The Labute approximate surface area is 72.1 Å². The molecule has 0 saturated heterocycles. The molecule has 0 aromatic carbocycles. The quantitative estimate of drug-likeness (QED) is 0.663. The minimum absolute atomic E-state index is 0.649. The van der Waals surface area contributed by atoms with Crippen LogP contribution in [-0.2, 0) is 5.75 Å². The molecule has 0 radical (unpaired) electrons. The number of rotatable bonds is 3. The van der Waals surface area contributed by atoms with Crippen LogP contribution in [0.15, 0.2) is 17.6 Å². The molecule has 6 nitrogen and oxygen atoms in total. The molecule has 0 unspecified atom stereocenters. The number of aromatic amines is 2. The molecule has 0 aliphatic rings. The molecular formula is C5H6N6S.